The molecule has 4 aromatic rings. The van der Waals surface area contributed by atoms with Gasteiger partial charge in [-0.25, -0.2) is 26.9 Å². The lowest BCUT2D eigenvalue weighted by Crippen LogP contribution is -2.38. The second kappa shape index (κ2) is 7.91. The zero-order valence-electron chi connectivity index (χ0n) is 18.7. The molecule has 1 aliphatic heterocycles. The highest BCUT2D eigenvalue weighted by molar-refractivity contribution is 7.89. The third-order valence-electron chi connectivity index (χ3n) is 6.58. The molecular weight excluding hydrogens is 500 g/mol. The van der Waals surface area contributed by atoms with E-state index in [0.29, 0.717) is 42.0 Å². The Morgan fingerprint density at radius 2 is 2.09 bits per heavy atom. The van der Waals surface area contributed by atoms with Gasteiger partial charge in [0, 0.05) is 31.0 Å². The number of fused-ring (bicyclic) bond motifs is 3. The third kappa shape index (κ3) is 3.88. The molecule has 10 nitrogen and oxygen atoms in total. The fourth-order valence-electron chi connectivity index (χ4n) is 4.58. The van der Waals surface area contributed by atoms with Gasteiger partial charge < -0.3 is 10.0 Å². The van der Waals surface area contributed by atoms with Crippen molar-refractivity contribution in [2.75, 3.05) is 18.0 Å². The maximum atomic E-state index is 13.4. The van der Waals surface area contributed by atoms with Crippen LogP contribution < -0.4 is 9.62 Å². The van der Waals surface area contributed by atoms with E-state index in [0.717, 1.165) is 30.6 Å². The molecule has 0 bridgehead atoms. The molecule has 3 aromatic heterocycles. The Labute approximate surface area is 203 Å². The zero-order valence-corrected chi connectivity index (χ0v) is 20.4. The monoisotopic (exact) mass is 523 g/mol. The number of alkyl halides is 2. The summed E-state index contributed by atoms with van der Waals surface area (Å²) in [6.45, 7) is 2.84. The fraction of sp³-hybridized carbons (Fsp3) is 0.476. The van der Waals surface area contributed by atoms with Crippen LogP contribution in [0.2, 0.25) is 0 Å². The van der Waals surface area contributed by atoms with E-state index >= 15 is 0 Å². The summed E-state index contributed by atoms with van der Waals surface area (Å²) in [5.41, 5.74) is 1.24. The number of aliphatic hydroxyl groups is 1. The first kappa shape index (κ1) is 22.8. The number of sulfonamides is 1. The van der Waals surface area contributed by atoms with Crippen LogP contribution in [0.1, 0.15) is 44.0 Å². The van der Waals surface area contributed by atoms with Crippen LogP contribution in [-0.4, -0.2) is 62.4 Å². The van der Waals surface area contributed by atoms with Gasteiger partial charge in [0.25, 0.3) is 6.43 Å². The highest BCUT2D eigenvalue weighted by Crippen LogP contribution is 2.39. The van der Waals surface area contributed by atoms with Crippen LogP contribution in [0, 0.1) is 0 Å². The number of β-amino-alcohol motifs (C(OH)–C–C–N with tert-alkyl or cyclic N) is 1. The molecule has 6 rings (SSSR count). The van der Waals surface area contributed by atoms with Gasteiger partial charge in [-0.1, -0.05) is 11.3 Å². The van der Waals surface area contributed by atoms with Crippen LogP contribution in [0.4, 0.5) is 14.5 Å². The number of halogens is 2. The van der Waals surface area contributed by atoms with Crippen LogP contribution >= 0.6 is 11.3 Å². The summed E-state index contributed by atoms with van der Waals surface area (Å²) in [4.78, 5) is 6.40. The topological polar surface area (TPSA) is 118 Å². The molecule has 2 aliphatic rings. The van der Waals surface area contributed by atoms with Crippen molar-refractivity contribution in [1.29, 1.82) is 0 Å². The minimum absolute atomic E-state index is 0.0498. The lowest BCUT2D eigenvalue weighted by Gasteiger charge is -2.32. The molecule has 1 aromatic carbocycles. The van der Waals surface area contributed by atoms with Gasteiger partial charge in [0.2, 0.25) is 20.9 Å². The van der Waals surface area contributed by atoms with E-state index in [-0.39, 0.29) is 10.0 Å². The van der Waals surface area contributed by atoms with Crippen molar-refractivity contribution in [1.82, 2.24) is 28.9 Å². The molecule has 0 radical (unpaired) electrons. The standard InChI is InChI=1S/C21H23F2N7O3S2/c1-21(4-5-21)27-35(32,33)13-9-14(28-7-2-3-12(31)11-28)16-15(10-13)30(19-24-6-8-29(16)19)20-26-25-18(34-20)17(22)23/h6,8-10,12,17,27,31H,2-5,7,11H2,1H3/t12-/m0/s1. The minimum atomic E-state index is -3.88. The molecular formula is C21H23F2N7O3S2. The molecule has 1 atom stereocenters. The Morgan fingerprint density at radius 3 is 2.77 bits per heavy atom. The molecule has 35 heavy (non-hydrogen) atoms. The van der Waals surface area contributed by atoms with Crippen molar-refractivity contribution < 1.29 is 22.3 Å². The largest absolute Gasteiger partial charge is 0.391 e. The summed E-state index contributed by atoms with van der Waals surface area (Å²) in [5.74, 6) is 0.396. The number of nitrogens with one attached hydrogen (secondary N) is 1. The van der Waals surface area contributed by atoms with E-state index in [1.54, 1.807) is 27.4 Å². The lowest BCUT2D eigenvalue weighted by molar-refractivity contribution is 0.150. The smallest absolute Gasteiger partial charge is 0.291 e. The molecule has 4 heterocycles. The summed E-state index contributed by atoms with van der Waals surface area (Å²) in [6.07, 6.45) is 2.91. The first-order chi connectivity index (χ1) is 16.7. The second-order valence-electron chi connectivity index (χ2n) is 9.37. The minimum Gasteiger partial charge on any atom is -0.391 e. The molecule has 0 unspecified atom stereocenters. The van der Waals surface area contributed by atoms with Crippen molar-refractivity contribution in [2.24, 2.45) is 0 Å². The normalized spacial score (nSPS) is 20.4. The van der Waals surface area contributed by atoms with E-state index in [2.05, 4.69) is 19.9 Å². The molecule has 1 aliphatic carbocycles. The zero-order chi connectivity index (χ0) is 24.5. The molecule has 0 spiro atoms. The van der Waals surface area contributed by atoms with Crippen molar-refractivity contribution in [3.05, 3.63) is 29.5 Å². The van der Waals surface area contributed by atoms with Crippen molar-refractivity contribution in [2.45, 2.75) is 55.6 Å². The van der Waals surface area contributed by atoms with Crippen LogP contribution in [0.3, 0.4) is 0 Å². The predicted molar refractivity (Wildman–Crippen MR) is 126 cm³/mol. The van der Waals surface area contributed by atoms with Gasteiger partial charge in [-0.05, 0) is 44.7 Å². The number of rotatable bonds is 6. The second-order valence-corrected chi connectivity index (χ2v) is 12.0. The first-order valence-corrected chi connectivity index (χ1v) is 13.6. The maximum Gasteiger partial charge on any atom is 0.291 e. The van der Waals surface area contributed by atoms with Crippen molar-refractivity contribution in [3.8, 4) is 5.13 Å². The highest BCUT2D eigenvalue weighted by Gasteiger charge is 2.41. The van der Waals surface area contributed by atoms with E-state index in [4.69, 9.17) is 0 Å². The molecule has 2 fully saturated rings. The molecule has 186 valence electrons. The Hall–Kier alpha value is -2.68. The maximum absolute atomic E-state index is 13.4. The van der Waals surface area contributed by atoms with Crippen molar-refractivity contribution >= 4 is 43.9 Å². The SMILES string of the molecule is CC1(NS(=O)(=O)c2cc(N3CCC[C@H](O)C3)c3c(c2)n(-c2nnc(C(F)F)s2)c2nccn32)CC1. The van der Waals surface area contributed by atoms with Gasteiger partial charge in [0.15, 0.2) is 5.01 Å². The number of imidazole rings is 2. The van der Waals surface area contributed by atoms with E-state index in [9.17, 15) is 22.3 Å². The van der Waals surface area contributed by atoms with Gasteiger partial charge in [-0.15, -0.1) is 10.2 Å². The number of nitrogens with zero attached hydrogens (tertiary/aromatic N) is 6. The van der Waals surface area contributed by atoms with Crippen LogP contribution in [0.25, 0.3) is 21.9 Å². The number of aromatic nitrogens is 5. The number of hydrogen-bond donors (Lipinski definition) is 2. The van der Waals surface area contributed by atoms with Gasteiger partial charge in [0.1, 0.15) is 0 Å². The van der Waals surface area contributed by atoms with E-state index in [1.807, 2.05) is 11.8 Å². The average molecular weight is 524 g/mol. The van der Waals surface area contributed by atoms with Crippen LogP contribution in [0.5, 0.6) is 0 Å². The Bertz CT molecular complexity index is 1540. The molecule has 0 amide bonds. The van der Waals surface area contributed by atoms with Gasteiger partial charge in [-0.2, -0.15) is 0 Å². The number of aliphatic hydroxyl groups excluding tert-OH is 1. The Morgan fingerprint density at radius 1 is 1.29 bits per heavy atom. The number of benzene rings is 1. The van der Waals surface area contributed by atoms with Crippen LogP contribution in [0.15, 0.2) is 29.4 Å². The average Bonchev–Trinajstić information content (AvgIpc) is 3.20. The van der Waals surface area contributed by atoms with Gasteiger partial charge in [0.05, 0.1) is 27.7 Å². The summed E-state index contributed by atoms with van der Waals surface area (Å²) < 4.78 is 59.5. The molecule has 1 saturated heterocycles. The van der Waals surface area contributed by atoms with Gasteiger partial charge in [-0.3, -0.25) is 8.97 Å². The van der Waals surface area contributed by atoms with Gasteiger partial charge >= 0.3 is 0 Å². The quantitative estimate of drug-likeness (QED) is 0.399. The molecule has 2 N–H and O–H groups in total. The lowest BCUT2D eigenvalue weighted by atomic mass is 10.1. The summed E-state index contributed by atoms with van der Waals surface area (Å²) in [7, 11) is -3.88. The fourth-order valence-corrected chi connectivity index (χ4v) is 6.79. The summed E-state index contributed by atoms with van der Waals surface area (Å²) in [5, 5.41) is 17.6. The third-order valence-corrected chi connectivity index (χ3v) is 9.12. The summed E-state index contributed by atoms with van der Waals surface area (Å²) >= 11 is 0.726. The van der Waals surface area contributed by atoms with Crippen molar-refractivity contribution in [3.63, 3.8) is 0 Å². The van der Waals surface area contributed by atoms with Crippen LogP contribution in [-0.2, 0) is 10.0 Å². The summed E-state index contributed by atoms with van der Waals surface area (Å²) in [6, 6.07) is 3.13. The Kier molecular flexibility index (Phi) is 5.15. The van der Waals surface area contributed by atoms with E-state index < -0.39 is 33.1 Å². The van der Waals surface area contributed by atoms with E-state index in [1.165, 1.54) is 6.07 Å². The first-order valence-electron chi connectivity index (χ1n) is 11.3. The Balaban J connectivity index is 1.63. The highest BCUT2D eigenvalue weighted by atomic mass is 32.2. The molecule has 1 saturated carbocycles. The molecule has 14 heteroatoms. The number of anilines is 1. The predicted octanol–water partition coefficient (Wildman–Crippen LogP) is 2.86. The number of hydrogen-bond acceptors (Lipinski definition) is 8. The number of piperidine rings is 1.